The topological polar surface area (TPSA) is 86.8 Å². The van der Waals surface area contributed by atoms with E-state index in [-0.39, 0.29) is 24.8 Å². The summed E-state index contributed by atoms with van der Waals surface area (Å²) in [5, 5.41) is 2.92. The number of hydrogen-bond donors (Lipinski definition) is 1. The number of anilines is 1. The molecule has 0 heterocycles. The molecule has 2 amide bonds. The summed E-state index contributed by atoms with van der Waals surface area (Å²) in [7, 11) is -3.51. The standard InChI is InChI=1S/C27H39N3O4S/c1-6-7-18-28-27(32)23(4)29(20-24-16-14-21(2)15-17-24)26(31)13-10-19-30(35(5,33)34)25-12-9-8-11-22(25)3/h8-9,11-12,14-17,23H,6-7,10,13,18-20H2,1-5H3,(H,28,32). The van der Waals surface area contributed by atoms with Crippen LogP contribution in [0.2, 0.25) is 0 Å². The molecular formula is C27H39N3O4S. The fourth-order valence-corrected chi connectivity index (χ4v) is 4.86. The summed E-state index contributed by atoms with van der Waals surface area (Å²) in [6.07, 6.45) is 3.50. The fourth-order valence-electron chi connectivity index (χ4n) is 3.83. The number of carbonyl (C=O) groups is 2. The largest absolute Gasteiger partial charge is 0.354 e. The zero-order valence-corrected chi connectivity index (χ0v) is 22.4. The second-order valence-electron chi connectivity index (χ2n) is 9.05. The van der Waals surface area contributed by atoms with Crippen LogP contribution >= 0.6 is 0 Å². The highest BCUT2D eigenvalue weighted by molar-refractivity contribution is 7.92. The molecule has 0 fully saturated rings. The van der Waals surface area contributed by atoms with Crippen LogP contribution in [0.1, 0.15) is 56.2 Å². The maximum atomic E-state index is 13.3. The van der Waals surface area contributed by atoms with Gasteiger partial charge in [0.2, 0.25) is 21.8 Å². The molecule has 8 heteroatoms. The van der Waals surface area contributed by atoms with Gasteiger partial charge in [0.1, 0.15) is 6.04 Å². The van der Waals surface area contributed by atoms with Crippen LogP contribution in [0.25, 0.3) is 0 Å². The molecule has 7 nitrogen and oxygen atoms in total. The van der Waals surface area contributed by atoms with Gasteiger partial charge in [-0.15, -0.1) is 0 Å². The Morgan fingerprint density at radius 1 is 1.00 bits per heavy atom. The number of nitrogens with one attached hydrogen (secondary N) is 1. The van der Waals surface area contributed by atoms with E-state index in [0.29, 0.717) is 25.2 Å². The van der Waals surface area contributed by atoms with Crippen LogP contribution in [0.3, 0.4) is 0 Å². The van der Waals surface area contributed by atoms with Crippen molar-refractivity contribution in [1.29, 1.82) is 0 Å². The van der Waals surface area contributed by atoms with Gasteiger partial charge in [0, 0.05) is 26.1 Å². The Morgan fingerprint density at radius 2 is 1.66 bits per heavy atom. The van der Waals surface area contributed by atoms with Gasteiger partial charge in [0.15, 0.2) is 0 Å². The minimum absolute atomic E-state index is 0.135. The quantitative estimate of drug-likeness (QED) is 0.417. The molecule has 0 aromatic heterocycles. The van der Waals surface area contributed by atoms with Gasteiger partial charge in [-0.25, -0.2) is 8.42 Å². The molecule has 0 aliphatic heterocycles. The molecule has 0 aliphatic rings. The average molecular weight is 502 g/mol. The second kappa shape index (κ2) is 13.3. The monoisotopic (exact) mass is 501 g/mol. The number of hydrogen-bond acceptors (Lipinski definition) is 4. The number of amides is 2. The van der Waals surface area contributed by atoms with Gasteiger partial charge < -0.3 is 10.2 Å². The van der Waals surface area contributed by atoms with Gasteiger partial charge >= 0.3 is 0 Å². The second-order valence-corrected chi connectivity index (χ2v) is 11.0. The highest BCUT2D eigenvalue weighted by Gasteiger charge is 2.26. The molecule has 1 unspecified atom stereocenters. The Morgan fingerprint density at radius 3 is 2.26 bits per heavy atom. The predicted molar refractivity (Wildman–Crippen MR) is 142 cm³/mol. The van der Waals surface area contributed by atoms with Gasteiger partial charge in [-0.2, -0.15) is 0 Å². The van der Waals surface area contributed by atoms with E-state index < -0.39 is 16.1 Å². The third-order valence-corrected chi connectivity index (χ3v) is 7.19. The molecule has 0 saturated heterocycles. The number of sulfonamides is 1. The number of aryl methyl sites for hydroxylation is 2. The summed E-state index contributed by atoms with van der Waals surface area (Å²) in [4.78, 5) is 27.6. The molecule has 1 atom stereocenters. The van der Waals surface area contributed by atoms with Gasteiger partial charge in [-0.3, -0.25) is 13.9 Å². The number of nitrogens with zero attached hydrogens (tertiary/aromatic N) is 2. The first-order valence-electron chi connectivity index (χ1n) is 12.2. The average Bonchev–Trinajstić information content (AvgIpc) is 2.81. The molecule has 1 N–H and O–H groups in total. The summed E-state index contributed by atoms with van der Waals surface area (Å²) in [6.45, 7) is 8.73. The van der Waals surface area contributed by atoms with Crippen molar-refractivity contribution >= 4 is 27.5 Å². The van der Waals surface area contributed by atoms with Crippen molar-refractivity contribution in [3.05, 3.63) is 65.2 Å². The third kappa shape index (κ3) is 8.69. The van der Waals surface area contributed by atoms with E-state index in [1.54, 1.807) is 24.0 Å². The lowest BCUT2D eigenvalue weighted by atomic mass is 10.1. The van der Waals surface area contributed by atoms with Crippen LogP contribution < -0.4 is 9.62 Å². The maximum absolute atomic E-state index is 13.3. The number of carbonyl (C=O) groups excluding carboxylic acids is 2. The molecule has 2 rings (SSSR count). The first-order valence-corrected chi connectivity index (χ1v) is 14.1. The molecule has 0 saturated carbocycles. The lowest BCUT2D eigenvalue weighted by Gasteiger charge is -2.29. The number of benzene rings is 2. The van der Waals surface area contributed by atoms with Gasteiger partial charge in [-0.1, -0.05) is 61.4 Å². The summed E-state index contributed by atoms with van der Waals surface area (Å²) < 4.78 is 26.3. The van der Waals surface area contributed by atoms with E-state index in [2.05, 4.69) is 12.2 Å². The lowest BCUT2D eigenvalue weighted by Crippen LogP contribution is -2.48. The van der Waals surface area contributed by atoms with Crippen molar-refractivity contribution in [2.75, 3.05) is 23.7 Å². The van der Waals surface area contributed by atoms with Gasteiger partial charge in [-0.05, 0) is 50.8 Å². The number of unbranched alkanes of at least 4 members (excludes halogenated alkanes) is 1. The van der Waals surface area contributed by atoms with Crippen molar-refractivity contribution < 1.29 is 18.0 Å². The van der Waals surface area contributed by atoms with E-state index in [0.717, 1.165) is 29.5 Å². The Hall–Kier alpha value is -2.87. The SMILES string of the molecule is CCCCNC(=O)C(C)N(Cc1ccc(C)cc1)C(=O)CCCN(c1ccccc1C)S(C)(=O)=O. The van der Waals surface area contributed by atoms with Crippen LogP contribution in [0.15, 0.2) is 48.5 Å². The van der Waals surface area contributed by atoms with Crippen molar-refractivity contribution in [3.63, 3.8) is 0 Å². The summed E-state index contributed by atoms with van der Waals surface area (Å²) in [5.41, 5.74) is 3.52. The molecule has 0 spiro atoms. The highest BCUT2D eigenvalue weighted by Crippen LogP contribution is 2.23. The van der Waals surface area contributed by atoms with E-state index >= 15 is 0 Å². The van der Waals surface area contributed by atoms with Gasteiger partial charge in [0.25, 0.3) is 0 Å². The molecule has 192 valence electrons. The van der Waals surface area contributed by atoms with Gasteiger partial charge in [0.05, 0.1) is 11.9 Å². The first-order chi connectivity index (χ1) is 16.5. The Kier molecular flexibility index (Phi) is 10.8. The number of rotatable bonds is 13. The minimum atomic E-state index is -3.51. The molecule has 2 aromatic rings. The normalized spacial score (nSPS) is 12.1. The molecule has 0 bridgehead atoms. The third-order valence-electron chi connectivity index (χ3n) is 6.01. The molecule has 0 radical (unpaired) electrons. The van der Waals surface area contributed by atoms with Crippen LogP contribution in [0, 0.1) is 13.8 Å². The summed E-state index contributed by atoms with van der Waals surface area (Å²) >= 11 is 0. The summed E-state index contributed by atoms with van der Waals surface area (Å²) in [5.74, 6) is -0.362. The van der Waals surface area contributed by atoms with Crippen molar-refractivity contribution in [3.8, 4) is 0 Å². The van der Waals surface area contributed by atoms with Crippen LogP contribution in [0.4, 0.5) is 5.69 Å². The molecular weight excluding hydrogens is 462 g/mol. The fraction of sp³-hybridized carbons (Fsp3) is 0.481. The van der Waals surface area contributed by atoms with Crippen molar-refractivity contribution in [2.24, 2.45) is 0 Å². The Labute approximate surface area is 210 Å². The Bertz CT molecular complexity index is 1080. The minimum Gasteiger partial charge on any atom is -0.354 e. The maximum Gasteiger partial charge on any atom is 0.242 e. The smallest absolute Gasteiger partial charge is 0.242 e. The van der Waals surface area contributed by atoms with E-state index in [9.17, 15) is 18.0 Å². The molecule has 0 aliphatic carbocycles. The van der Waals surface area contributed by atoms with E-state index in [1.807, 2.05) is 50.2 Å². The zero-order chi connectivity index (χ0) is 26.0. The van der Waals surface area contributed by atoms with Crippen molar-refractivity contribution in [1.82, 2.24) is 10.2 Å². The van der Waals surface area contributed by atoms with E-state index in [4.69, 9.17) is 0 Å². The zero-order valence-electron chi connectivity index (χ0n) is 21.6. The lowest BCUT2D eigenvalue weighted by molar-refractivity contribution is -0.140. The van der Waals surface area contributed by atoms with Crippen molar-refractivity contribution in [2.45, 2.75) is 66.0 Å². The number of para-hydroxylation sites is 1. The molecule has 2 aromatic carbocycles. The first kappa shape index (κ1) is 28.4. The summed E-state index contributed by atoms with van der Waals surface area (Å²) in [6, 6.07) is 14.5. The van der Waals surface area contributed by atoms with Crippen LogP contribution in [0.5, 0.6) is 0 Å². The van der Waals surface area contributed by atoms with Crippen LogP contribution in [-0.4, -0.2) is 50.5 Å². The predicted octanol–water partition coefficient (Wildman–Crippen LogP) is 4.18. The Balaban J connectivity index is 2.14. The van der Waals surface area contributed by atoms with Crippen LogP contribution in [-0.2, 0) is 26.2 Å². The van der Waals surface area contributed by atoms with E-state index in [1.165, 1.54) is 10.6 Å². The molecule has 35 heavy (non-hydrogen) atoms. The highest BCUT2D eigenvalue weighted by atomic mass is 32.2.